The van der Waals surface area contributed by atoms with E-state index in [1.807, 2.05) is 0 Å². The molecule has 0 aliphatic carbocycles. The fourth-order valence-corrected chi connectivity index (χ4v) is 2.25. The van der Waals surface area contributed by atoms with Gasteiger partial charge < -0.3 is 4.90 Å². The molecule has 0 aromatic carbocycles. The van der Waals surface area contributed by atoms with Gasteiger partial charge in [-0.1, -0.05) is 68.3 Å². The average molecular weight is 292 g/mol. The third-order valence-corrected chi connectivity index (χ3v) is 3.69. The summed E-state index contributed by atoms with van der Waals surface area (Å²) < 4.78 is 0. The first kappa shape index (κ1) is 16.4. The Morgan fingerprint density at radius 3 is 1.88 bits per heavy atom. The Morgan fingerprint density at radius 1 is 0.750 bits per heavy atom. The van der Waals surface area contributed by atoms with Crippen molar-refractivity contribution in [3.8, 4) is 0 Å². The summed E-state index contributed by atoms with van der Waals surface area (Å²) in [5.74, 6) is 0. The quantitative estimate of drug-likeness (QED) is 0.367. The van der Waals surface area contributed by atoms with E-state index in [1.165, 1.54) is 71.0 Å². The highest BCUT2D eigenvalue weighted by Crippen LogP contribution is 2.07. The molecule has 0 saturated heterocycles. The maximum Gasteiger partial charge on any atom is 0.00434 e. The van der Waals surface area contributed by atoms with Crippen molar-refractivity contribution >= 4 is 15.9 Å². The van der Waals surface area contributed by atoms with Crippen LogP contribution in [0.3, 0.4) is 0 Å². The van der Waals surface area contributed by atoms with Crippen LogP contribution in [0.1, 0.15) is 65.2 Å². The third-order valence-electron chi connectivity index (χ3n) is 3.13. The summed E-state index contributed by atoms with van der Waals surface area (Å²) in [5.41, 5.74) is 0. The predicted molar refractivity (Wildman–Crippen MR) is 78.5 cm³/mol. The van der Waals surface area contributed by atoms with Gasteiger partial charge in [-0.2, -0.15) is 0 Å². The normalized spacial score (nSPS) is 11.2. The van der Waals surface area contributed by atoms with Crippen molar-refractivity contribution in [1.82, 2.24) is 4.90 Å². The van der Waals surface area contributed by atoms with Crippen molar-refractivity contribution in [3.63, 3.8) is 0 Å². The lowest BCUT2D eigenvalue weighted by atomic mass is 10.1. The Labute approximate surface area is 111 Å². The first-order valence-electron chi connectivity index (χ1n) is 7.13. The van der Waals surface area contributed by atoms with Crippen molar-refractivity contribution in [2.75, 3.05) is 25.0 Å². The lowest BCUT2D eigenvalue weighted by Gasteiger charge is -2.19. The molecule has 98 valence electrons. The molecule has 0 aromatic rings. The molecule has 0 aromatic heterocycles. The lowest BCUT2D eigenvalue weighted by Crippen LogP contribution is -2.25. The number of nitrogens with zero attached hydrogens (tertiary/aromatic N) is 1. The van der Waals surface area contributed by atoms with Gasteiger partial charge in [-0.3, -0.25) is 0 Å². The first-order chi connectivity index (χ1) is 7.85. The van der Waals surface area contributed by atoms with Crippen LogP contribution in [0.15, 0.2) is 0 Å². The van der Waals surface area contributed by atoms with E-state index in [9.17, 15) is 0 Å². The van der Waals surface area contributed by atoms with Crippen LogP contribution in [-0.4, -0.2) is 29.9 Å². The fourth-order valence-electron chi connectivity index (χ4n) is 2.00. The minimum Gasteiger partial charge on any atom is -0.304 e. The van der Waals surface area contributed by atoms with Gasteiger partial charge in [0.25, 0.3) is 0 Å². The largest absolute Gasteiger partial charge is 0.304 e. The zero-order valence-corrected chi connectivity index (χ0v) is 12.9. The van der Waals surface area contributed by atoms with Gasteiger partial charge in [0.05, 0.1) is 0 Å². The summed E-state index contributed by atoms with van der Waals surface area (Å²) in [6.07, 6.45) is 11.2. The zero-order valence-electron chi connectivity index (χ0n) is 11.3. The van der Waals surface area contributed by atoms with Crippen LogP contribution in [0, 0.1) is 0 Å². The molecule has 0 atom stereocenters. The summed E-state index contributed by atoms with van der Waals surface area (Å²) >= 11 is 3.50. The van der Waals surface area contributed by atoms with E-state index in [0.717, 1.165) is 5.33 Å². The molecular formula is C14H30BrN. The van der Waals surface area contributed by atoms with Crippen molar-refractivity contribution in [2.24, 2.45) is 0 Å². The first-order valence-corrected chi connectivity index (χ1v) is 8.25. The second kappa shape index (κ2) is 13.5. The monoisotopic (exact) mass is 291 g/mol. The number of alkyl halides is 1. The average Bonchev–Trinajstić information content (AvgIpc) is 2.32. The second-order valence-corrected chi connectivity index (χ2v) is 5.39. The molecule has 0 unspecified atom stereocenters. The van der Waals surface area contributed by atoms with Gasteiger partial charge >= 0.3 is 0 Å². The molecule has 0 bridgehead atoms. The van der Waals surface area contributed by atoms with Crippen molar-refractivity contribution in [3.05, 3.63) is 0 Å². The van der Waals surface area contributed by atoms with Gasteiger partial charge in [-0.05, 0) is 32.5 Å². The van der Waals surface area contributed by atoms with Crippen LogP contribution in [-0.2, 0) is 0 Å². The zero-order chi connectivity index (χ0) is 12.1. The summed E-state index contributed by atoms with van der Waals surface area (Å²) in [6.45, 7) is 8.33. The highest BCUT2D eigenvalue weighted by molar-refractivity contribution is 9.09. The number of rotatable bonds is 12. The van der Waals surface area contributed by atoms with Gasteiger partial charge in [-0.15, -0.1) is 0 Å². The van der Waals surface area contributed by atoms with Crippen LogP contribution in [0.4, 0.5) is 0 Å². The molecule has 2 heteroatoms. The number of hydrogen-bond acceptors (Lipinski definition) is 1. The molecule has 0 amide bonds. The Bertz CT molecular complexity index is 128. The molecule has 0 radical (unpaired) electrons. The van der Waals surface area contributed by atoms with Crippen LogP contribution in [0.25, 0.3) is 0 Å². The summed E-state index contributed by atoms with van der Waals surface area (Å²) in [5, 5.41) is 1.14. The molecule has 1 nitrogen and oxygen atoms in total. The Kier molecular flexibility index (Phi) is 13.9. The maximum atomic E-state index is 3.50. The van der Waals surface area contributed by atoms with Crippen molar-refractivity contribution in [1.29, 1.82) is 0 Å². The lowest BCUT2D eigenvalue weighted by molar-refractivity contribution is 0.282. The number of unbranched alkanes of at least 4 members (excludes halogenated alkanes) is 6. The highest BCUT2D eigenvalue weighted by atomic mass is 79.9. The Balaban J connectivity index is 3.20. The predicted octanol–water partition coefficient (Wildman–Crippen LogP) is 4.84. The minimum atomic E-state index is 1.14. The van der Waals surface area contributed by atoms with Gasteiger partial charge in [0, 0.05) is 5.33 Å². The molecule has 0 spiro atoms. The molecule has 16 heavy (non-hydrogen) atoms. The molecule has 0 aliphatic rings. The minimum absolute atomic E-state index is 1.14. The van der Waals surface area contributed by atoms with Crippen LogP contribution < -0.4 is 0 Å². The molecule has 0 saturated carbocycles. The second-order valence-electron chi connectivity index (χ2n) is 4.60. The molecule has 0 heterocycles. The summed E-state index contributed by atoms with van der Waals surface area (Å²) in [7, 11) is 0. The Hall–Kier alpha value is 0.440. The van der Waals surface area contributed by atoms with Crippen LogP contribution in [0.2, 0.25) is 0 Å². The van der Waals surface area contributed by atoms with E-state index >= 15 is 0 Å². The van der Waals surface area contributed by atoms with E-state index < -0.39 is 0 Å². The molecule has 0 N–H and O–H groups in total. The van der Waals surface area contributed by atoms with Gasteiger partial charge in [0.2, 0.25) is 0 Å². The maximum absolute atomic E-state index is 3.50. The standard InChI is InChI=1S/C14H30BrN/c1-3-5-6-7-8-9-10-13-16(4-2)14-11-12-15/h3-14H2,1-2H3. The Morgan fingerprint density at radius 2 is 1.31 bits per heavy atom. The highest BCUT2D eigenvalue weighted by Gasteiger charge is 2.00. The van der Waals surface area contributed by atoms with E-state index in [0.29, 0.717) is 0 Å². The van der Waals surface area contributed by atoms with E-state index in [4.69, 9.17) is 0 Å². The molecule has 0 rings (SSSR count). The van der Waals surface area contributed by atoms with E-state index in [1.54, 1.807) is 0 Å². The summed E-state index contributed by atoms with van der Waals surface area (Å²) in [4.78, 5) is 2.58. The van der Waals surface area contributed by atoms with Gasteiger partial charge in [0.1, 0.15) is 0 Å². The smallest absolute Gasteiger partial charge is 0.00434 e. The van der Waals surface area contributed by atoms with Crippen molar-refractivity contribution in [2.45, 2.75) is 65.2 Å². The van der Waals surface area contributed by atoms with Crippen LogP contribution >= 0.6 is 15.9 Å². The van der Waals surface area contributed by atoms with E-state index in [2.05, 4.69) is 34.7 Å². The van der Waals surface area contributed by atoms with E-state index in [-0.39, 0.29) is 0 Å². The fraction of sp³-hybridized carbons (Fsp3) is 1.00. The number of hydrogen-bond donors (Lipinski definition) is 0. The SMILES string of the molecule is CCCCCCCCCN(CC)CCCBr. The van der Waals surface area contributed by atoms with Gasteiger partial charge in [0.15, 0.2) is 0 Å². The molecule has 0 aliphatic heterocycles. The topological polar surface area (TPSA) is 3.24 Å². The molecule has 0 fully saturated rings. The van der Waals surface area contributed by atoms with Gasteiger partial charge in [-0.25, -0.2) is 0 Å². The molecular weight excluding hydrogens is 262 g/mol. The third kappa shape index (κ3) is 10.9. The van der Waals surface area contributed by atoms with Crippen LogP contribution in [0.5, 0.6) is 0 Å². The van der Waals surface area contributed by atoms with Crippen molar-refractivity contribution < 1.29 is 0 Å². The summed E-state index contributed by atoms with van der Waals surface area (Å²) in [6, 6.07) is 0. The number of halogens is 1.